The first-order valence-corrected chi connectivity index (χ1v) is 28.1. The molecule has 0 saturated carbocycles. The van der Waals surface area contributed by atoms with Crippen LogP contribution in [0.5, 0.6) is 5.75 Å². The lowest BCUT2D eigenvalue weighted by Crippen LogP contribution is -2.17. The van der Waals surface area contributed by atoms with Gasteiger partial charge in [-0.2, -0.15) is 0 Å². The van der Waals surface area contributed by atoms with Gasteiger partial charge in [-0.15, -0.1) is 0 Å². The molecule has 0 saturated heterocycles. The van der Waals surface area contributed by atoms with E-state index < -0.39 is 0 Å². The fraction of sp³-hybridized carbons (Fsp3) is 0.270. The Labute approximate surface area is 468 Å². The maximum Gasteiger partial charge on any atom is 0.149 e. The molecule has 0 aliphatic rings. The van der Waals surface area contributed by atoms with E-state index in [0.29, 0.717) is 11.4 Å². The van der Waals surface area contributed by atoms with Crippen LogP contribution in [0.25, 0.3) is 100 Å². The zero-order valence-electron chi connectivity index (χ0n) is 49.1. The molecule has 0 bridgehead atoms. The first kappa shape index (κ1) is 53.0. The summed E-state index contributed by atoms with van der Waals surface area (Å²) in [5.74, 6) is 0.953. The average molecular weight is 1040 g/mol. The van der Waals surface area contributed by atoms with Crippen LogP contribution in [-0.4, -0.2) is 24.2 Å². The Morgan fingerprint density at radius 2 is 0.975 bits per heavy atom. The predicted octanol–water partition coefficient (Wildman–Crippen LogP) is 20.0. The summed E-state index contributed by atoms with van der Waals surface area (Å²) in [6.45, 7) is 33.9. The first-order chi connectivity index (χ1) is 37.3. The van der Waals surface area contributed by atoms with Gasteiger partial charge in [-0.1, -0.05) is 213 Å². The van der Waals surface area contributed by atoms with Crippen molar-refractivity contribution in [2.45, 2.75) is 131 Å². The van der Waals surface area contributed by atoms with E-state index in [1.807, 2.05) is 6.20 Å². The van der Waals surface area contributed by atoms with Gasteiger partial charge in [-0.3, -0.25) is 9.55 Å². The molecule has 1 N–H and O–H groups in total. The van der Waals surface area contributed by atoms with E-state index in [1.54, 1.807) is 0 Å². The van der Waals surface area contributed by atoms with Gasteiger partial charge in [-0.05, 0) is 133 Å². The number of imidazole rings is 1. The predicted molar refractivity (Wildman–Crippen MR) is 336 cm³/mol. The fourth-order valence-electron chi connectivity index (χ4n) is 11.3. The van der Waals surface area contributed by atoms with Crippen molar-refractivity contribution in [1.29, 1.82) is 0 Å². The van der Waals surface area contributed by atoms with Gasteiger partial charge in [0.2, 0.25) is 0 Å². The molecule has 0 radical (unpaired) electrons. The highest BCUT2D eigenvalue weighted by Crippen LogP contribution is 2.48. The number of phenols is 1. The maximum atomic E-state index is 12.9. The van der Waals surface area contributed by atoms with Crippen molar-refractivity contribution in [3.05, 3.63) is 210 Å². The van der Waals surface area contributed by atoms with Crippen LogP contribution in [0.4, 0.5) is 0 Å². The first-order valence-electron chi connectivity index (χ1n) is 28.1. The van der Waals surface area contributed by atoms with Crippen molar-refractivity contribution in [3.63, 3.8) is 0 Å². The molecular weight excluding hydrogens is 961 g/mol. The molecule has 3 aromatic heterocycles. The number of para-hydroxylation sites is 3. The molecule has 0 fully saturated rings. The van der Waals surface area contributed by atoms with Crippen LogP contribution >= 0.6 is 0 Å². The summed E-state index contributed by atoms with van der Waals surface area (Å²) in [4.78, 5) is 11.1. The maximum absolute atomic E-state index is 12.9. The quantitative estimate of drug-likeness (QED) is 0.173. The summed E-state index contributed by atoms with van der Waals surface area (Å²) in [6, 6.07) is 64.3. The van der Waals surface area contributed by atoms with Gasteiger partial charge in [0.1, 0.15) is 11.6 Å². The lowest BCUT2D eigenvalue weighted by Gasteiger charge is -2.28. The molecule has 3 heterocycles. The van der Waals surface area contributed by atoms with Gasteiger partial charge in [0.15, 0.2) is 0 Å². The molecule has 11 aromatic rings. The Morgan fingerprint density at radius 1 is 0.380 bits per heavy atom. The van der Waals surface area contributed by atoms with E-state index in [-0.39, 0.29) is 32.8 Å². The van der Waals surface area contributed by atoms with E-state index in [9.17, 15) is 5.11 Å². The van der Waals surface area contributed by atoms with Crippen molar-refractivity contribution in [3.8, 4) is 73.2 Å². The number of aromatic hydroxyl groups is 1. The lowest BCUT2D eigenvalue weighted by molar-refractivity contribution is 0.446. The molecule has 0 unspecified atom stereocenters. The van der Waals surface area contributed by atoms with E-state index in [0.717, 1.165) is 78.2 Å². The summed E-state index contributed by atoms with van der Waals surface area (Å²) < 4.78 is 4.78. The second-order valence-electron chi connectivity index (χ2n) is 27.0. The van der Waals surface area contributed by atoms with E-state index in [4.69, 9.17) is 9.97 Å². The summed E-state index contributed by atoms with van der Waals surface area (Å²) in [5, 5.41) is 15.3. The molecule has 79 heavy (non-hydrogen) atoms. The van der Waals surface area contributed by atoms with Gasteiger partial charge in [0, 0.05) is 50.5 Å². The minimum absolute atomic E-state index is 0.155. The summed E-state index contributed by atoms with van der Waals surface area (Å²) >= 11 is 0. The van der Waals surface area contributed by atoms with Crippen molar-refractivity contribution in [2.75, 3.05) is 0 Å². The Balaban J connectivity index is 1.22. The third-order valence-corrected chi connectivity index (χ3v) is 16.0. The second kappa shape index (κ2) is 19.1. The lowest BCUT2D eigenvalue weighted by atomic mass is 9.79. The Bertz CT molecular complexity index is 4140. The molecule has 398 valence electrons. The summed E-state index contributed by atoms with van der Waals surface area (Å²) in [6.07, 6.45) is 1.97. The van der Waals surface area contributed by atoms with Crippen LogP contribution in [0, 0.1) is 0 Å². The SMILES string of the molecule is CC(C)(C)c1cc(-c2cc(-c3cccc4c5ccccc5n(-c5ccccc5)c34)ccn2)cc(-c2cc(C(C)(C)C)cc3c2nc(-c2cc(C(C)(C)C)cc(C(C)(C)C)c2O)n3-c2cc(C(C)(C)C)ccc2-c2ccccc2)c1. The molecule has 0 aliphatic carbocycles. The molecule has 0 aliphatic heterocycles. The third-order valence-electron chi connectivity index (χ3n) is 16.0. The Hall–Kier alpha value is -8.02. The van der Waals surface area contributed by atoms with Crippen LogP contribution in [-0.2, 0) is 27.1 Å². The number of pyridine rings is 1. The number of nitrogens with zero attached hydrogens (tertiary/aromatic N) is 4. The van der Waals surface area contributed by atoms with Crippen LogP contribution in [0.2, 0.25) is 0 Å². The van der Waals surface area contributed by atoms with Crippen LogP contribution in [0.15, 0.2) is 182 Å². The highest BCUT2D eigenvalue weighted by molar-refractivity contribution is 6.14. The average Bonchev–Trinajstić information content (AvgIpc) is 4.16. The van der Waals surface area contributed by atoms with Gasteiger partial charge in [-0.25, -0.2) is 4.98 Å². The van der Waals surface area contributed by atoms with Crippen LogP contribution < -0.4 is 0 Å². The number of hydrogen-bond donors (Lipinski definition) is 1. The molecule has 5 nitrogen and oxygen atoms in total. The number of phenolic OH excluding ortho intramolecular Hbond substituents is 1. The Morgan fingerprint density at radius 3 is 1.65 bits per heavy atom. The fourth-order valence-corrected chi connectivity index (χ4v) is 11.3. The minimum atomic E-state index is -0.356. The van der Waals surface area contributed by atoms with Crippen molar-refractivity contribution >= 4 is 32.8 Å². The van der Waals surface area contributed by atoms with Crippen molar-refractivity contribution in [2.24, 2.45) is 0 Å². The normalized spacial score (nSPS) is 12.8. The van der Waals surface area contributed by atoms with E-state index in [2.05, 4.69) is 289 Å². The Kier molecular flexibility index (Phi) is 12.8. The largest absolute Gasteiger partial charge is 0.507 e. The zero-order valence-corrected chi connectivity index (χ0v) is 49.1. The molecule has 0 atom stereocenters. The molecular formula is C74H76N4O. The zero-order chi connectivity index (χ0) is 56.1. The molecule has 0 spiro atoms. The molecule has 8 aromatic carbocycles. The molecule has 5 heteroatoms. The van der Waals surface area contributed by atoms with Gasteiger partial charge >= 0.3 is 0 Å². The van der Waals surface area contributed by atoms with E-state index in [1.165, 1.54) is 38.5 Å². The number of hydrogen-bond acceptors (Lipinski definition) is 3. The molecule has 0 amide bonds. The number of aromatic nitrogens is 4. The number of rotatable bonds is 7. The van der Waals surface area contributed by atoms with Gasteiger partial charge in [0.05, 0.1) is 39.0 Å². The van der Waals surface area contributed by atoms with Gasteiger partial charge in [0.25, 0.3) is 0 Å². The summed E-state index contributed by atoms with van der Waals surface area (Å²) in [7, 11) is 0. The summed E-state index contributed by atoms with van der Waals surface area (Å²) in [5.41, 5.74) is 19.9. The number of fused-ring (bicyclic) bond motifs is 4. The third kappa shape index (κ3) is 9.77. The van der Waals surface area contributed by atoms with E-state index >= 15 is 0 Å². The standard InChI is InChI=1S/C74H76N4O/c1-70(2,3)50-33-34-55(46-25-18-16-19-26-46)64(44-50)78-65-45-53(73(10,11)12)41-59(66(65)76-69(78)60-42-52(72(7,8)9)43-61(68(60)79)74(13,14)15)48-37-49(39-51(38-48)71(4,5)6)62-40-47(35-36-75-62)56-30-24-31-58-57-29-22-23-32-63(57)77(67(56)58)54-27-20-17-21-28-54/h16-45,79H,1-15H3. The van der Waals surface area contributed by atoms with Crippen LogP contribution in [0.3, 0.4) is 0 Å². The highest BCUT2D eigenvalue weighted by Gasteiger charge is 2.32. The smallest absolute Gasteiger partial charge is 0.149 e. The van der Waals surface area contributed by atoms with Crippen molar-refractivity contribution in [1.82, 2.24) is 19.1 Å². The highest BCUT2D eigenvalue weighted by atomic mass is 16.3. The molecule has 11 rings (SSSR count). The topological polar surface area (TPSA) is 55.9 Å². The minimum Gasteiger partial charge on any atom is -0.507 e. The van der Waals surface area contributed by atoms with Gasteiger partial charge < -0.3 is 9.67 Å². The van der Waals surface area contributed by atoms with Crippen LogP contribution in [0.1, 0.15) is 132 Å². The number of benzene rings is 8. The monoisotopic (exact) mass is 1040 g/mol. The second-order valence-corrected chi connectivity index (χ2v) is 27.0. The van der Waals surface area contributed by atoms with Crippen molar-refractivity contribution < 1.29 is 5.11 Å².